The largest absolute Gasteiger partial charge is 0.506 e. The summed E-state index contributed by atoms with van der Waals surface area (Å²) in [5.74, 6) is -0.432. The first-order valence-corrected chi connectivity index (χ1v) is 10.2. The first-order chi connectivity index (χ1) is 13.4. The summed E-state index contributed by atoms with van der Waals surface area (Å²) in [7, 11) is -3.53. The van der Waals surface area contributed by atoms with E-state index in [2.05, 4.69) is 9.71 Å². The molecule has 1 aliphatic heterocycles. The van der Waals surface area contributed by atoms with Gasteiger partial charge in [0.1, 0.15) is 22.8 Å². The second-order valence-electron chi connectivity index (χ2n) is 6.25. The standard InChI is InChI=1S/C19H19N3O5S/c1-2-11-27-22-14-9-5-3-7-12(14)17(23)16(19(22)24)18-20-13-8-4-6-10-15(13)28(25,26)21-18/h3-10,23,25-26H,2,11H2,1H3,(H,20,21). The number of nitrogens with one attached hydrogen (secondary N) is 1. The molecule has 28 heavy (non-hydrogen) atoms. The van der Waals surface area contributed by atoms with Crippen molar-refractivity contribution in [3.8, 4) is 5.75 Å². The fraction of sp³-hybridized carbons (Fsp3) is 0.158. The van der Waals surface area contributed by atoms with Gasteiger partial charge in [0, 0.05) is 5.39 Å². The second kappa shape index (κ2) is 6.86. The molecule has 4 rings (SSSR count). The summed E-state index contributed by atoms with van der Waals surface area (Å²) < 4.78 is 26.0. The maximum Gasteiger partial charge on any atom is 0.298 e. The number of hydrogen-bond donors (Lipinski definition) is 4. The summed E-state index contributed by atoms with van der Waals surface area (Å²) >= 11 is 0. The van der Waals surface area contributed by atoms with Gasteiger partial charge >= 0.3 is 0 Å². The van der Waals surface area contributed by atoms with Gasteiger partial charge in [0.15, 0.2) is 5.84 Å². The second-order valence-corrected chi connectivity index (χ2v) is 7.91. The molecule has 8 nitrogen and oxygen atoms in total. The Balaban J connectivity index is 1.97. The van der Waals surface area contributed by atoms with E-state index in [0.717, 1.165) is 4.73 Å². The van der Waals surface area contributed by atoms with Crippen LogP contribution in [0.5, 0.6) is 5.75 Å². The van der Waals surface area contributed by atoms with Gasteiger partial charge in [-0.25, -0.2) is 0 Å². The lowest BCUT2D eigenvalue weighted by Gasteiger charge is -2.34. The minimum absolute atomic E-state index is 0.124. The highest BCUT2D eigenvalue weighted by Crippen LogP contribution is 2.55. The van der Waals surface area contributed by atoms with Crippen LogP contribution in [0.3, 0.4) is 0 Å². The highest BCUT2D eigenvalue weighted by atomic mass is 32.3. The Morgan fingerprint density at radius 1 is 1.14 bits per heavy atom. The molecule has 1 aliphatic rings. The molecule has 0 atom stereocenters. The first-order valence-electron chi connectivity index (χ1n) is 8.68. The molecule has 4 N–H and O–H groups in total. The number of aromatic hydroxyl groups is 1. The maximum absolute atomic E-state index is 13.1. The topological polar surface area (TPSA) is 116 Å². The van der Waals surface area contributed by atoms with E-state index in [4.69, 9.17) is 4.84 Å². The van der Waals surface area contributed by atoms with Crippen LogP contribution in [-0.2, 0) is 0 Å². The predicted molar refractivity (Wildman–Crippen MR) is 109 cm³/mol. The maximum atomic E-state index is 13.1. The van der Waals surface area contributed by atoms with E-state index < -0.39 is 16.3 Å². The van der Waals surface area contributed by atoms with Crippen molar-refractivity contribution < 1.29 is 19.0 Å². The molecule has 0 saturated heterocycles. The van der Waals surface area contributed by atoms with Crippen LogP contribution in [0.1, 0.15) is 18.9 Å². The van der Waals surface area contributed by atoms with Gasteiger partial charge in [0.25, 0.3) is 5.56 Å². The Morgan fingerprint density at radius 3 is 2.64 bits per heavy atom. The molecule has 1 aromatic heterocycles. The van der Waals surface area contributed by atoms with Crippen LogP contribution in [0.25, 0.3) is 10.9 Å². The third kappa shape index (κ3) is 2.89. The zero-order chi connectivity index (χ0) is 19.9. The lowest BCUT2D eigenvalue weighted by Crippen LogP contribution is -2.35. The summed E-state index contributed by atoms with van der Waals surface area (Å²) in [5.41, 5.74) is -0.0270. The molecule has 0 fully saturated rings. The van der Waals surface area contributed by atoms with Gasteiger partial charge in [-0.3, -0.25) is 13.9 Å². The molecule has 0 aliphatic carbocycles. The van der Waals surface area contributed by atoms with E-state index in [9.17, 15) is 19.0 Å². The van der Waals surface area contributed by atoms with Gasteiger partial charge in [-0.05, 0) is 30.7 Å². The van der Waals surface area contributed by atoms with Crippen LogP contribution in [0.15, 0.2) is 62.6 Å². The van der Waals surface area contributed by atoms with E-state index in [1.54, 1.807) is 48.5 Å². The average Bonchev–Trinajstić information content (AvgIpc) is 2.68. The SMILES string of the molecule is CCCOn1c(=O)c(C2=NS(O)(O)c3ccccc3N2)c(O)c2ccccc21. The summed E-state index contributed by atoms with van der Waals surface area (Å²) in [6.45, 7) is 2.21. The van der Waals surface area contributed by atoms with Crippen LogP contribution in [0.4, 0.5) is 5.69 Å². The third-order valence-electron chi connectivity index (χ3n) is 4.33. The Bertz CT molecular complexity index is 1160. The summed E-state index contributed by atoms with van der Waals surface area (Å²) in [4.78, 5) is 19.0. The molecule has 2 aromatic carbocycles. The Hall–Kier alpha value is -3.01. The van der Waals surface area contributed by atoms with E-state index in [1.807, 2.05) is 6.92 Å². The monoisotopic (exact) mass is 401 g/mol. The third-order valence-corrected chi connectivity index (χ3v) is 5.71. The van der Waals surface area contributed by atoms with Gasteiger partial charge < -0.3 is 15.3 Å². The van der Waals surface area contributed by atoms with Crippen molar-refractivity contribution in [2.24, 2.45) is 4.40 Å². The molecule has 0 bridgehead atoms. The lowest BCUT2D eigenvalue weighted by atomic mass is 10.1. The molecule has 0 spiro atoms. The quantitative estimate of drug-likeness (QED) is 0.532. The lowest BCUT2D eigenvalue weighted by molar-refractivity contribution is 0.112. The average molecular weight is 401 g/mol. The number of hydrogen-bond acceptors (Lipinski definition) is 7. The zero-order valence-corrected chi connectivity index (χ0v) is 15.8. The minimum atomic E-state index is -3.53. The predicted octanol–water partition coefficient (Wildman–Crippen LogP) is 3.44. The van der Waals surface area contributed by atoms with E-state index in [-0.39, 0.29) is 22.0 Å². The number of nitrogens with zero attached hydrogens (tertiary/aromatic N) is 2. The van der Waals surface area contributed by atoms with Crippen molar-refractivity contribution in [1.29, 1.82) is 0 Å². The van der Waals surface area contributed by atoms with Crippen molar-refractivity contribution in [3.63, 3.8) is 0 Å². The zero-order valence-electron chi connectivity index (χ0n) is 15.0. The van der Waals surface area contributed by atoms with Crippen LogP contribution >= 0.6 is 10.8 Å². The molecule has 2 heterocycles. The number of aromatic nitrogens is 1. The summed E-state index contributed by atoms with van der Waals surface area (Å²) in [6.07, 6.45) is 0.685. The van der Waals surface area contributed by atoms with Crippen molar-refractivity contribution in [2.75, 3.05) is 11.9 Å². The molecule has 3 aromatic rings. The van der Waals surface area contributed by atoms with Gasteiger partial charge in [-0.15, -0.1) is 9.13 Å². The Kier molecular flexibility index (Phi) is 4.50. The summed E-state index contributed by atoms with van der Waals surface area (Å²) in [5, 5.41) is 14.1. The van der Waals surface area contributed by atoms with E-state index in [0.29, 0.717) is 29.6 Å². The number of anilines is 1. The van der Waals surface area contributed by atoms with Crippen LogP contribution in [-0.4, -0.2) is 31.4 Å². The normalized spacial score (nSPS) is 16.0. The highest BCUT2D eigenvalue weighted by molar-refractivity contribution is 8.23. The first kappa shape index (κ1) is 18.4. The Morgan fingerprint density at radius 2 is 1.86 bits per heavy atom. The van der Waals surface area contributed by atoms with Gasteiger partial charge in [-0.1, -0.05) is 42.0 Å². The van der Waals surface area contributed by atoms with Crippen LogP contribution < -0.4 is 15.7 Å². The molecule has 0 amide bonds. The molecule has 146 valence electrons. The number of para-hydroxylation sites is 2. The number of rotatable bonds is 4. The minimum Gasteiger partial charge on any atom is -0.506 e. The molecule has 9 heteroatoms. The van der Waals surface area contributed by atoms with Gasteiger partial charge in [0.05, 0.1) is 11.2 Å². The number of amidine groups is 1. The fourth-order valence-corrected chi connectivity index (χ4v) is 4.23. The van der Waals surface area contributed by atoms with Gasteiger partial charge in [0.2, 0.25) is 0 Å². The van der Waals surface area contributed by atoms with Gasteiger partial charge in [-0.2, -0.15) is 0 Å². The summed E-state index contributed by atoms with van der Waals surface area (Å²) in [6, 6.07) is 13.3. The Labute approximate surface area is 162 Å². The molecule has 0 unspecified atom stereocenters. The van der Waals surface area contributed by atoms with Crippen LogP contribution in [0.2, 0.25) is 0 Å². The number of pyridine rings is 1. The van der Waals surface area contributed by atoms with Crippen molar-refractivity contribution in [3.05, 3.63) is 64.4 Å². The van der Waals surface area contributed by atoms with Crippen molar-refractivity contribution in [1.82, 2.24) is 4.73 Å². The highest BCUT2D eigenvalue weighted by Gasteiger charge is 2.30. The molecule has 0 radical (unpaired) electrons. The number of fused-ring (bicyclic) bond motifs is 2. The van der Waals surface area contributed by atoms with E-state index >= 15 is 0 Å². The molecule has 0 saturated carbocycles. The number of benzene rings is 2. The molecular weight excluding hydrogens is 382 g/mol. The molecular formula is C19H19N3O5S. The van der Waals surface area contributed by atoms with Crippen LogP contribution in [0, 0.1) is 0 Å². The van der Waals surface area contributed by atoms with Crippen molar-refractivity contribution >= 4 is 33.2 Å². The smallest absolute Gasteiger partial charge is 0.298 e. The van der Waals surface area contributed by atoms with E-state index in [1.165, 1.54) is 0 Å². The fourth-order valence-electron chi connectivity index (χ4n) is 3.07. The van der Waals surface area contributed by atoms with Crippen molar-refractivity contribution in [2.45, 2.75) is 18.2 Å².